The summed E-state index contributed by atoms with van der Waals surface area (Å²) in [6.07, 6.45) is 6.44. The lowest BCUT2D eigenvalue weighted by molar-refractivity contribution is -0.124. The number of hydrogen-bond donors (Lipinski definition) is 3. The monoisotopic (exact) mass is 473 g/mol. The van der Waals surface area contributed by atoms with E-state index >= 15 is 0 Å². The van der Waals surface area contributed by atoms with Crippen LogP contribution in [-0.2, 0) is 19.7 Å². The Morgan fingerprint density at radius 3 is 2.56 bits per heavy atom. The number of fused-ring (bicyclic) bond motifs is 2. The van der Waals surface area contributed by atoms with E-state index in [0.29, 0.717) is 49.9 Å². The van der Waals surface area contributed by atoms with E-state index in [1.165, 1.54) is 0 Å². The number of urea groups is 1. The first-order valence-corrected chi connectivity index (χ1v) is 12.4. The van der Waals surface area contributed by atoms with Crippen molar-refractivity contribution in [3.05, 3.63) is 17.8 Å². The third kappa shape index (κ3) is 5.68. The molecule has 3 rings (SSSR count). The standard InChI is InChI=1S/C25H39N5O4/c1-6-7-17(4)8-9-19(28-24(33)30(5)16(2)3)22(31)29-21-14-20-18(15-26-21)25(23(32)27-20)10-12-34-13-11-25/h14-17,19H,6-13H2,1-5H3,(H,27,32)(H,28,33)(H,26,29,31)/t17-,19-/m0/s1. The van der Waals surface area contributed by atoms with Crippen LogP contribution >= 0.6 is 0 Å². The van der Waals surface area contributed by atoms with Crippen LogP contribution in [0.3, 0.4) is 0 Å². The molecule has 0 aromatic carbocycles. The Morgan fingerprint density at radius 2 is 1.91 bits per heavy atom. The second-order valence-electron chi connectivity index (χ2n) is 9.93. The molecule has 3 N–H and O–H groups in total. The van der Waals surface area contributed by atoms with E-state index in [2.05, 4.69) is 34.8 Å². The van der Waals surface area contributed by atoms with Crippen LogP contribution in [0.15, 0.2) is 12.3 Å². The number of nitrogens with one attached hydrogen (secondary N) is 3. The van der Waals surface area contributed by atoms with Gasteiger partial charge in [0, 0.05) is 44.1 Å². The van der Waals surface area contributed by atoms with Crippen LogP contribution in [0.1, 0.15) is 71.8 Å². The van der Waals surface area contributed by atoms with Gasteiger partial charge in [-0.25, -0.2) is 9.78 Å². The molecule has 0 radical (unpaired) electrons. The highest BCUT2D eigenvalue weighted by Gasteiger charge is 2.48. The fourth-order valence-electron chi connectivity index (χ4n) is 4.64. The van der Waals surface area contributed by atoms with E-state index < -0.39 is 11.5 Å². The van der Waals surface area contributed by atoms with Gasteiger partial charge in [-0.15, -0.1) is 0 Å². The van der Waals surface area contributed by atoms with Gasteiger partial charge in [-0.1, -0.05) is 26.7 Å². The van der Waals surface area contributed by atoms with Gasteiger partial charge in [-0.3, -0.25) is 9.59 Å². The maximum absolute atomic E-state index is 13.2. The first-order chi connectivity index (χ1) is 16.2. The van der Waals surface area contributed by atoms with Crippen LogP contribution in [-0.4, -0.2) is 60.1 Å². The summed E-state index contributed by atoms with van der Waals surface area (Å²) in [5.41, 5.74) is 0.931. The molecule has 2 aliphatic rings. The first-order valence-electron chi connectivity index (χ1n) is 12.4. The molecule has 0 saturated carbocycles. The SMILES string of the molecule is CCC[C@H](C)CC[C@H](NC(=O)N(C)C(C)C)C(=O)Nc1cc2c(cn1)C1(CCOCC1)C(=O)N2. The van der Waals surface area contributed by atoms with Crippen LogP contribution in [0.2, 0.25) is 0 Å². The number of anilines is 2. The zero-order valence-corrected chi connectivity index (χ0v) is 21.1. The number of carbonyl (C=O) groups excluding carboxylic acids is 3. The van der Waals surface area contributed by atoms with Crippen molar-refractivity contribution in [1.82, 2.24) is 15.2 Å². The topological polar surface area (TPSA) is 113 Å². The Hall–Kier alpha value is -2.68. The molecule has 0 unspecified atom stereocenters. The van der Waals surface area contributed by atoms with E-state index in [1.807, 2.05) is 13.8 Å². The van der Waals surface area contributed by atoms with Gasteiger partial charge in [0.25, 0.3) is 0 Å². The molecule has 1 aromatic rings. The molecule has 9 heteroatoms. The van der Waals surface area contributed by atoms with Gasteiger partial charge >= 0.3 is 6.03 Å². The van der Waals surface area contributed by atoms with E-state index in [9.17, 15) is 14.4 Å². The molecule has 2 aliphatic heterocycles. The molecule has 1 aromatic heterocycles. The molecule has 4 amide bonds. The zero-order chi connectivity index (χ0) is 24.9. The third-order valence-electron chi connectivity index (χ3n) is 7.14. The number of ether oxygens (including phenoxy) is 1. The van der Waals surface area contributed by atoms with Gasteiger partial charge in [-0.2, -0.15) is 0 Å². The summed E-state index contributed by atoms with van der Waals surface area (Å²) in [6, 6.07) is 0.754. The van der Waals surface area contributed by atoms with Crippen molar-refractivity contribution in [3.63, 3.8) is 0 Å². The molecule has 3 heterocycles. The molecule has 188 valence electrons. The van der Waals surface area contributed by atoms with Crippen LogP contribution in [0, 0.1) is 5.92 Å². The number of aromatic nitrogens is 1. The number of pyridine rings is 1. The average molecular weight is 474 g/mol. The molecule has 34 heavy (non-hydrogen) atoms. The van der Waals surface area contributed by atoms with Crippen molar-refractivity contribution in [2.75, 3.05) is 30.9 Å². The Bertz CT molecular complexity index is 897. The Labute approximate surface area is 202 Å². The lowest BCUT2D eigenvalue weighted by Crippen LogP contribution is -2.50. The highest BCUT2D eigenvalue weighted by molar-refractivity contribution is 6.07. The molecule has 2 atom stereocenters. The summed E-state index contributed by atoms with van der Waals surface area (Å²) in [5, 5.41) is 8.69. The van der Waals surface area contributed by atoms with Gasteiger partial charge < -0.3 is 25.6 Å². The summed E-state index contributed by atoms with van der Waals surface area (Å²) in [7, 11) is 1.71. The minimum absolute atomic E-state index is 0.0159. The van der Waals surface area contributed by atoms with Gasteiger partial charge in [-0.05, 0) is 45.4 Å². The molecule has 0 aliphatic carbocycles. The maximum atomic E-state index is 13.2. The summed E-state index contributed by atoms with van der Waals surface area (Å²) in [4.78, 5) is 44.6. The number of amides is 4. The van der Waals surface area contributed by atoms with Crippen LogP contribution < -0.4 is 16.0 Å². The minimum atomic E-state index is -0.681. The zero-order valence-electron chi connectivity index (χ0n) is 21.1. The molecule has 1 saturated heterocycles. The molecule has 9 nitrogen and oxygen atoms in total. The average Bonchev–Trinajstić information content (AvgIpc) is 3.06. The highest BCUT2D eigenvalue weighted by Crippen LogP contribution is 2.44. The molecule has 0 bridgehead atoms. The van der Waals surface area contributed by atoms with Crippen molar-refractivity contribution in [3.8, 4) is 0 Å². The second kappa shape index (κ2) is 11.2. The molecule has 1 fully saturated rings. The van der Waals surface area contributed by atoms with Gasteiger partial charge in [0.05, 0.1) is 11.1 Å². The van der Waals surface area contributed by atoms with Crippen LogP contribution in [0.25, 0.3) is 0 Å². The fraction of sp³-hybridized carbons (Fsp3) is 0.680. The summed E-state index contributed by atoms with van der Waals surface area (Å²) >= 11 is 0. The van der Waals surface area contributed by atoms with E-state index in [-0.39, 0.29) is 23.9 Å². The minimum Gasteiger partial charge on any atom is -0.381 e. The van der Waals surface area contributed by atoms with Crippen molar-refractivity contribution < 1.29 is 19.1 Å². The third-order valence-corrected chi connectivity index (χ3v) is 7.14. The van der Waals surface area contributed by atoms with Gasteiger partial charge in [0.1, 0.15) is 11.9 Å². The lowest BCUT2D eigenvalue weighted by atomic mass is 9.76. The fourth-order valence-corrected chi connectivity index (χ4v) is 4.64. The summed E-state index contributed by atoms with van der Waals surface area (Å²) in [5.74, 6) is 0.463. The molecule has 1 spiro atoms. The maximum Gasteiger partial charge on any atom is 0.318 e. The predicted octanol–water partition coefficient (Wildman–Crippen LogP) is 3.66. The summed E-state index contributed by atoms with van der Waals surface area (Å²) in [6.45, 7) is 9.22. The normalized spacial score (nSPS) is 18.2. The number of rotatable bonds is 9. The predicted molar refractivity (Wildman–Crippen MR) is 132 cm³/mol. The van der Waals surface area contributed by atoms with E-state index in [1.54, 1.807) is 24.2 Å². The van der Waals surface area contributed by atoms with Gasteiger partial charge in [0.2, 0.25) is 11.8 Å². The molecular weight excluding hydrogens is 434 g/mol. The smallest absolute Gasteiger partial charge is 0.318 e. The quantitative estimate of drug-likeness (QED) is 0.507. The number of nitrogens with zero attached hydrogens (tertiary/aromatic N) is 2. The van der Waals surface area contributed by atoms with Crippen molar-refractivity contribution >= 4 is 29.4 Å². The Kier molecular flexibility index (Phi) is 8.52. The van der Waals surface area contributed by atoms with Crippen molar-refractivity contribution in [2.24, 2.45) is 5.92 Å². The Balaban J connectivity index is 1.73. The number of carbonyl (C=O) groups is 3. The van der Waals surface area contributed by atoms with Crippen LogP contribution in [0.4, 0.5) is 16.3 Å². The van der Waals surface area contributed by atoms with E-state index in [4.69, 9.17) is 4.74 Å². The van der Waals surface area contributed by atoms with E-state index in [0.717, 1.165) is 24.8 Å². The second-order valence-corrected chi connectivity index (χ2v) is 9.93. The largest absolute Gasteiger partial charge is 0.381 e. The highest BCUT2D eigenvalue weighted by atomic mass is 16.5. The van der Waals surface area contributed by atoms with Crippen molar-refractivity contribution in [2.45, 2.75) is 83.7 Å². The van der Waals surface area contributed by atoms with Gasteiger partial charge in [0.15, 0.2) is 0 Å². The summed E-state index contributed by atoms with van der Waals surface area (Å²) < 4.78 is 5.44. The van der Waals surface area contributed by atoms with Crippen molar-refractivity contribution in [1.29, 1.82) is 0 Å². The number of hydrogen-bond acceptors (Lipinski definition) is 5. The Morgan fingerprint density at radius 1 is 1.21 bits per heavy atom. The molecular formula is C25H39N5O4. The lowest BCUT2D eigenvalue weighted by Gasteiger charge is -2.31. The van der Waals surface area contributed by atoms with Crippen LogP contribution in [0.5, 0.6) is 0 Å². The first kappa shape index (κ1) is 25.9.